The van der Waals surface area contributed by atoms with Gasteiger partial charge in [-0.25, -0.2) is 0 Å². The van der Waals surface area contributed by atoms with Crippen molar-refractivity contribution in [3.05, 3.63) is 76.1 Å². The number of fused-ring (bicyclic) bond motifs is 1. The molecule has 0 fully saturated rings. The van der Waals surface area contributed by atoms with Crippen LogP contribution in [0.4, 0.5) is 0 Å². The Kier molecular flexibility index (Phi) is 4.21. The summed E-state index contributed by atoms with van der Waals surface area (Å²) in [6.07, 6.45) is 0. The Morgan fingerprint density at radius 1 is 1.05 bits per heavy atom. The maximum atomic E-state index is 12.2. The Labute approximate surface area is 128 Å². The second kappa shape index (κ2) is 6.45. The lowest BCUT2D eigenvalue weighted by Crippen LogP contribution is -2.81. The smallest absolute Gasteiger partial charge is 0.257 e. The Morgan fingerprint density at radius 3 is 2.64 bits per heavy atom. The van der Waals surface area contributed by atoms with Crippen molar-refractivity contribution in [3.8, 4) is 5.75 Å². The summed E-state index contributed by atoms with van der Waals surface area (Å²) in [5.41, 5.74) is 2.80. The van der Waals surface area contributed by atoms with Gasteiger partial charge in [-0.2, -0.15) is 0 Å². The molecule has 0 aliphatic rings. The number of hydrogen-bond acceptors (Lipinski definition) is 2. The third-order valence-electron chi connectivity index (χ3n) is 3.72. The molecule has 0 amide bonds. The van der Waals surface area contributed by atoms with Gasteiger partial charge in [-0.05, 0) is 23.6 Å². The molecule has 0 radical (unpaired) electrons. The fourth-order valence-electron chi connectivity index (χ4n) is 2.51. The van der Waals surface area contributed by atoms with Gasteiger partial charge in [0.05, 0.1) is 18.2 Å². The number of pyridine rings is 1. The third kappa shape index (κ3) is 3.18. The largest absolute Gasteiger partial charge is 0.497 e. The standard InChI is InChI=1S/C18H18N2O2/c1-22-16-8-7-14-9-15(18(21)20-17(14)10-16)12-19-11-13-5-3-2-4-6-13/h2-10,19H,11-12H2,1H3,(H,20,21)/p+1. The van der Waals surface area contributed by atoms with Crippen molar-refractivity contribution in [1.82, 2.24) is 4.98 Å². The summed E-state index contributed by atoms with van der Waals surface area (Å²) in [7, 11) is 1.62. The van der Waals surface area contributed by atoms with Gasteiger partial charge in [0.1, 0.15) is 18.8 Å². The monoisotopic (exact) mass is 295 g/mol. The summed E-state index contributed by atoms with van der Waals surface area (Å²) in [6.45, 7) is 1.52. The summed E-state index contributed by atoms with van der Waals surface area (Å²) < 4.78 is 5.18. The molecule has 22 heavy (non-hydrogen) atoms. The lowest BCUT2D eigenvalue weighted by atomic mass is 10.1. The highest BCUT2D eigenvalue weighted by molar-refractivity contribution is 5.80. The van der Waals surface area contributed by atoms with E-state index in [1.54, 1.807) is 7.11 Å². The van der Waals surface area contributed by atoms with Crippen LogP contribution in [0.1, 0.15) is 11.1 Å². The molecule has 0 aliphatic heterocycles. The number of quaternary nitrogens is 1. The molecule has 3 N–H and O–H groups in total. The van der Waals surface area contributed by atoms with Crippen molar-refractivity contribution in [2.75, 3.05) is 7.11 Å². The van der Waals surface area contributed by atoms with Crippen LogP contribution in [-0.2, 0) is 13.1 Å². The molecule has 1 heterocycles. The number of hydrogen-bond donors (Lipinski definition) is 2. The fourth-order valence-corrected chi connectivity index (χ4v) is 2.51. The van der Waals surface area contributed by atoms with E-state index in [1.165, 1.54) is 5.56 Å². The second-order valence-corrected chi connectivity index (χ2v) is 5.26. The van der Waals surface area contributed by atoms with Crippen LogP contribution in [0.3, 0.4) is 0 Å². The maximum Gasteiger partial charge on any atom is 0.257 e. The predicted octanol–water partition coefficient (Wildman–Crippen LogP) is 1.80. The van der Waals surface area contributed by atoms with Crippen LogP contribution >= 0.6 is 0 Å². The molecule has 3 rings (SSSR count). The van der Waals surface area contributed by atoms with E-state index in [0.717, 1.165) is 28.8 Å². The Balaban J connectivity index is 1.76. The van der Waals surface area contributed by atoms with Crippen LogP contribution in [0.2, 0.25) is 0 Å². The van der Waals surface area contributed by atoms with E-state index in [2.05, 4.69) is 22.4 Å². The van der Waals surface area contributed by atoms with E-state index in [-0.39, 0.29) is 5.56 Å². The molecular formula is C18H19N2O2+. The van der Waals surface area contributed by atoms with Crippen molar-refractivity contribution in [2.45, 2.75) is 13.1 Å². The molecular weight excluding hydrogens is 276 g/mol. The average molecular weight is 295 g/mol. The van der Waals surface area contributed by atoms with E-state index in [1.807, 2.05) is 42.5 Å². The Hall–Kier alpha value is -2.59. The van der Waals surface area contributed by atoms with Gasteiger partial charge in [-0.3, -0.25) is 4.79 Å². The maximum absolute atomic E-state index is 12.2. The van der Waals surface area contributed by atoms with Crippen molar-refractivity contribution in [3.63, 3.8) is 0 Å². The van der Waals surface area contributed by atoms with Crippen LogP contribution in [0.5, 0.6) is 5.75 Å². The van der Waals surface area contributed by atoms with Gasteiger partial charge in [0, 0.05) is 11.6 Å². The Morgan fingerprint density at radius 2 is 1.86 bits per heavy atom. The number of methoxy groups -OCH3 is 1. The lowest BCUT2D eigenvalue weighted by Gasteiger charge is -2.05. The highest BCUT2D eigenvalue weighted by Gasteiger charge is 2.06. The van der Waals surface area contributed by atoms with Gasteiger partial charge in [0.2, 0.25) is 0 Å². The predicted molar refractivity (Wildman–Crippen MR) is 86.9 cm³/mol. The van der Waals surface area contributed by atoms with Crippen LogP contribution < -0.4 is 15.6 Å². The quantitative estimate of drug-likeness (QED) is 0.754. The lowest BCUT2D eigenvalue weighted by molar-refractivity contribution is -0.686. The highest BCUT2D eigenvalue weighted by atomic mass is 16.5. The van der Waals surface area contributed by atoms with E-state index in [0.29, 0.717) is 6.54 Å². The van der Waals surface area contributed by atoms with Gasteiger partial charge in [-0.15, -0.1) is 0 Å². The van der Waals surface area contributed by atoms with Gasteiger partial charge >= 0.3 is 0 Å². The van der Waals surface area contributed by atoms with Crippen molar-refractivity contribution in [1.29, 1.82) is 0 Å². The molecule has 1 aromatic heterocycles. The molecule has 2 aromatic carbocycles. The highest BCUT2D eigenvalue weighted by Crippen LogP contribution is 2.18. The summed E-state index contributed by atoms with van der Waals surface area (Å²) >= 11 is 0. The molecule has 0 spiro atoms. The van der Waals surface area contributed by atoms with Crippen molar-refractivity contribution < 1.29 is 10.1 Å². The number of aromatic nitrogens is 1. The molecule has 4 heteroatoms. The number of aromatic amines is 1. The van der Waals surface area contributed by atoms with Gasteiger partial charge in [0.25, 0.3) is 5.56 Å². The van der Waals surface area contributed by atoms with E-state index in [9.17, 15) is 4.79 Å². The molecule has 0 atom stereocenters. The first-order chi connectivity index (χ1) is 10.8. The molecule has 112 valence electrons. The topological polar surface area (TPSA) is 58.7 Å². The van der Waals surface area contributed by atoms with Crippen LogP contribution in [0.25, 0.3) is 10.9 Å². The van der Waals surface area contributed by atoms with Crippen LogP contribution in [0.15, 0.2) is 59.4 Å². The van der Waals surface area contributed by atoms with Crippen LogP contribution in [0, 0.1) is 0 Å². The number of benzene rings is 2. The first kappa shape index (κ1) is 14.4. The van der Waals surface area contributed by atoms with E-state index >= 15 is 0 Å². The zero-order valence-corrected chi connectivity index (χ0v) is 12.5. The number of H-pyrrole nitrogens is 1. The molecule has 0 saturated heterocycles. The summed E-state index contributed by atoms with van der Waals surface area (Å²) in [5.74, 6) is 0.742. The minimum absolute atomic E-state index is 0.0370. The number of nitrogens with one attached hydrogen (secondary N) is 1. The molecule has 0 bridgehead atoms. The SMILES string of the molecule is COc1ccc2cc(C[NH2+]Cc3ccccc3)c(=O)[nH]c2c1. The zero-order valence-electron chi connectivity index (χ0n) is 12.5. The minimum Gasteiger partial charge on any atom is -0.497 e. The first-order valence-electron chi connectivity index (χ1n) is 7.32. The van der Waals surface area contributed by atoms with Gasteiger partial charge in [0.15, 0.2) is 0 Å². The fraction of sp³-hybridized carbons (Fsp3) is 0.167. The average Bonchev–Trinajstić information content (AvgIpc) is 2.56. The van der Waals surface area contributed by atoms with Gasteiger partial charge in [-0.1, -0.05) is 30.3 Å². The van der Waals surface area contributed by atoms with E-state index < -0.39 is 0 Å². The minimum atomic E-state index is -0.0370. The summed E-state index contributed by atoms with van der Waals surface area (Å²) in [6, 6.07) is 17.9. The molecule has 3 aromatic rings. The normalized spacial score (nSPS) is 10.8. The summed E-state index contributed by atoms with van der Waals surface area (Å²) in [5, 5.41) is 3.15. The van der Waals surface area contributed by atoms with Crippen molar-refractivity contribution in [2.24, 2.45) is 0 Å². The molecule has 0 unspecified atom stereocenters. The molecule has 0 saturated carbocycles. The van der Waals surface area contributed by atoms with Gasteiger partial charge < -0.3 is 15.0 Å². The zero-order chi connectivity index (χ0) is 15.4. The third-order valence-corrected chi connectivity index (χ3v) is 3.72. The number of ether oxygens (including phenoxy) is 1. The molecule has 0 aliphatic carbocycles. The molecule has 4 nitrogen and oxygen atoms in total. The van der Waals surface area contributed by atoms with E-state index in [4.69, 9.17) is 4.74 Å². The van der Waals surface area contributed by atoms with Crippen molar-refractivity contribution >= 4 is 10.9 Å². The number of nitrogens with two attached hydrogens (primary N) is 1. The first-order valence-corrected chi connectivity index (χ1v) is 7.32. The second-order valence-electron chi connectivity index (χ2n) is 5.26. The van der Waals surface area contributed by atoms with Crippen LogP contribution in [-0.4, -0.2) is 12.1 Å². The summed E-state index contributed by atoms with van der Waals surface area (Å²) in [4.78, 5) is 15.1. The number of rotatable bonds is 5. The Bertz CT molecular complexity index is 825.